The predicted molar refractivity (Wildman–Crippen MR) is 105 cm³/mol. The molecule has 15 heteroatoms. The topological polar surface area (TPSA) is 248 Å². The van der Waals surface area contributed by atoms with Crippen molar-refractivity contribution in [1.82, 2.24) is 0 Å². The summed E-state index contributed by atoms with van der Waals surface area (Å²) in [6, 6.07) is 0. The molecule has 0 bridgehead atoms. The highest BCUT2D eigenvalue weighted by atomic mass is 16.7. The molecule has 0 saturated carbocycles. The van der Waals surface area contributed by atoms with Crippen molar-refractivity contribution in [3.63, 3.8) is 0 Å². The fourth-order valence-electron chi connectivity index (χ4n) is 4.05. The molecule has 0 spiro atoms. The molecule has 3 fully saturated rings. The van der Waals surface area contributed by atoms with E-state index in [9.17, 15) is 51.1 Å². The molecule has 2 unspecified atom stereocenters. The summed E-state index contributed by atoms with van der Waals surface area (Å²) in [5.41, 5.74) is 0. The lowest BCUT2D eigenvalue weighted by Crippen LogP contribution is -2.62. The number of ether oxygens (including phenoxy) is 5. The van der Waals surface area contributed by atoms with Crippen LogP contribution < -0.4 is 0 Å². The van der Waals surface area contributed by atoms with Crippen molar-refractivity contribution in [3.05, 3.63) is 0 Å². The van der Waals surface area contributed by atoms with E-state index in [2.05, 4.69) is 0 Å². The Morgan fingerprint density at radius 3 is 1.35 bits per heavy atom. The van der Waals surface area contributed by atoms with E-state index in [1.165, 1.54) is 6.92 Å². The van der Waals surface area contributed by atoms with E-state index < -0.39 is 112 Å². The van der Waals surface area contributed by atoms with Crippen LogP contribution in [0.4, 0.5) is 0 Å². The number of rotatable bonds is 7. The van der Waals surface area contributed by atoms with Gasteiger partial charge in [0, 0.05) is 0 Å². The molecule has 0 aliphatic carbocycles. The van der Waals surface area contributed by atoms with Crippen molar-refractivity contribution in [1.29, 1.82) is 0 Å². The molecule has 15 nitrogen and oxygen atoms in total. The zero-order valence-electron chi connectivity index (χ0n) is 18.3. The van der Waals surface area contributed by atoms with Crippen LogP contribution in [0.1, 0.15) is 6.92 Å². The monoisotopic (exact) mass is 502 g/mol. The van der Waals surface area contributed by atoms with E-state index in [1.54, 1.807) is 0 Å². The van der Waals surface area contributed by atoms with Gasteiger partial charge >= 0.3 is 0 Å². The maximum absolute atomic E-state index is 10.2. The predicted octanol–water partition coefficient (Wildman–Crippen LogP) is -6.50. The average molecular weight is 502 g/mol. The van der Waals surface area contributed by atoms with Gasteiger partial charge < -0.3 is 74.7 Å². The summed E-state index contributed by atoms with van der Waals surface area (Å²) < 4.78 is 26.8. The van der Waals surface area contributed by atoms with Crippen molar-refractivity contribution >= 4 is 0 Å². The fourth-order valence-corrected chi connectivity index (χ4v) is 4.05. The Balaban J connectivity index is 1.58. The van der Waals surface area contributed by atoms with E-state index in [4.69, 9.17) is 23.7 Å². The zero-order chi connectivity index (χ0) is 25.3. The summed E-state index contributed by atoms with van der Waals surface area (Å²) in [5, 5.41) is 99.3. The van der Waals surface area contributed by atoms with Crippen molar-refractivity contribution in [2.45, 2.75) is 98.9 Å². The Bertz CT molecular complexity index is 639. The molecule has 3 heterocycles. The first-order valence-corrected chi connectivity index (χ1v) is 10.9. The second-order valence-electron chi connectivity index (χ2n) is 8.73. The summed E-state index contributed by atoms with van der Waals surface area (Å²) in [6.07, 6.45) is -21.9. The smallest absolute Gasteiger partial charge is 0.186 e. The van der Waals surface area contributed by atoms with E-state index in [0.29, 0.717) is 0 Å². The molecule has 0 amide bonds. The van der Waals surface area contributed by atoms with E-state index in [1.807, 2.05) is 0 Å². The Hall–Kier alpha value is -0.600. The second-order valence-corrected chi connectivity index (χ2v) is 8.73. The van der Waals surface area contributed by atoms with Gasteiger partial charge in [-0.25, -0.2) is 0 Å². The lowest BCUT2D eigenvalue weighted by molar-refractivity contribution is -0.335. The molecule has 3 rings (SSSR count). The normalized spacial score (nSPS) is 52.5. The van der Waals surface area contributed by atoms with Gasteiger partial charge in [0.2, 0.25) is 0 Å². The number of aliphatic hydroxyl groups excluding tert-OH is 10. The van der Waals surface area contributed by atoms with Crippen molar-refractivity contribution in [2.75, 3.05) is 19.8 Å². The largest absolute Gasteiger partial charge is 0.394 e. The van der Waals surface area contributed by atoms with Gasteiger partial charge in [0.15, 0.2) is 12.6 Å². The Labute approximate surface area is 194 Å². The molecule has 10 N–H and O–H groups in total. The SMILES string of the molecule is C[C@H]1OC(CO[C@@H]2OC(CO[C@@H]3O[C@H](CO)[C@@H](O)[C@H](O)[C@H]3O)[C@@H](O)[C@H](O)[C@H]2O)[C@@H](O)[C@H](O)[C@H]1O. The highest BCUT2D eigenvalue weighted by Crippen LogP contribution is 2.27. The van der Waals surface area contributed by atoms with Crippen LogP contribution >= 0.6 is 0 Å². The highest BCUT2D eigenvalue weighted by Gasteiger charge is 2.48. The van der Waals surface area contributed by atoms with Crippen molar-refractivity contribution in [2.24, 2.45) is 0 Å². The van der Waals surface area contributed by atoms with Gasteiger partial charge in [0.25, 0.3) is 0 Å². The van der Waals surface area contributed by atoms with Crippen molar-refractivity contribution in [3.8, 4) is 0 Å². The van der Waals surface area contributed by atoms with Crippen LogP contribution in [-0.2, 0) is 23.7 Å². The fraction of sp³-hybridized carbons (Fsp3) is 1.00. The molecule has 3 aliphatic rings. The van der Waals surface area contributed by atoms with Crippen LogP contribution in [0.15, 0.2) is 0 Å². The van der Waals surface area contributed by atoms with Gasteiger partial charge in [-0.1, -0.05) is 0 Å². The third-order valence-corrected chi connectivity index (χ3v) is 6.32. The molecule has 0 radical (unpaired) electrons. The minimum absolute atomic E-state index is 0.417. The Kier molecular flexibility index (Phi) is 9.57. The minimum atomic E-state index is -1.74. The average Bonchev–Trinajstić information content (AvgIpc) is 2.82. The second kappa shape index (κ2) is 11.6. The van der Waals surface area contributed by atoms with Crippen LogP contribution in [0.25, 0.3) is 0 Å². The summed E-state index contributed by atoms with van der Waals surface area (Å²) in [5.74, 6) is 0. The van der Waals surface area contributed by atoms with Crippen LogP contribution in [0.2, 0.25) is 0 Å². The summed E-state index contributed by atoms with van der Waals surface area (Å²) in [4.78, 5) is 0. The first-order chi connectivity index (χ1) is 16.0. The lowest BCUT2D eigenvalue weighted by Gasteiger charge is -2.43. The number of hydrogen-bond acceptors (Lipinski definition) is 15. The van der Waals surface area contributed by atoms with Gasteiger partial charge in [-0.2, -0.15) is 0 Å². The molecule has 0 aromatic rings. The molecule has 0 aromatic carbocycles. The first kappa shape index (κ1) is 28.0. The quantitative estimate of drug-likeness (QED) is 0.155. The van der Waals surface area contributed by atoms with Crippen LogP contribution in [0.3, 0.4) is 0 Å². The Morgan fingerprint density at radius 1 is 0.500 bits per heavy atom. The summed E-state index contributed by atoms with van der Waals surface area (Å²) >= 11 is 0. The number of aliphatic hydroxyl groups is 10. The van der Waals surface area contributed by atoms with E-state index >= 15 is 0 Å². The number of hydrogen-bond donors (Lipinski definition) is 10. The van der Waals surface area contributed by atoms with E-state index in [0.717, 1.165) is 0 Å². The summed E-state index contributed by atoms with van der Waals surface area (Å²) in [7, 11) is 0. The van der Waals surface area contributed by atoms with Gasteiger partial charge in [0.1, 0.15) is 73.2 Å². The third-order valence-electron chi connectivity index (χ3n) is 6.32. The lowest BCUT2D eigenvalue weighted by atomic mass is 9.96. The minimum Gasteiger partial charge on any atom is -0.394 e. The molecule has 3 aliphatic heterocycles. The van der Waals surface area contributed by atoms with Gasteiger partial charge in [0.05, 0.1) is 25.9 Å². The van der Waals surface area contributed by atoms with Crippen LogP contribution in [-0.4, -0.2) is 163 Å². The first-order valence-electron chi connectivity index (χ1n) is 10.9. The standard InChI is InChI=1S/C19H34O15/c1-5-9(21)13(25)11(23)7(32-5)3-30-19-17(29)15(27)12(24)8(34-19)4-31-18-16(28)14(26)10(22)6(2-20)33-18/h5-29H,2-4H2,1H3/t5-,6-,7?,8?,9+,10-,11-,12-,13-,14+,15+,16-,17-,18-,19-/m1/s1. The van der Waals surface area contributed by atoms with E-state index in [-0.39, 0.29) is 0 Å². The van der Waals surface area contributed by atoms with Gasteiger partial charge in [-0.15, -0.1) is 0 Å². The highest BCUT2D eigenvalue weighted by molar-refractivity contribution is 4.93. The van der Waals surface area contributed by atoms with Crippen LogP contribution in [0, 0.1) is 0 Å². The van der Waals surface area contributed by atoms with Gasteiger partial charge in [-0.05, 0) is 6.92 Å². The molecule has 34 heavy (non-hydrogen) atoms. The molecular weight excluding hydrogens is 468 g/mol. The maximum Gasteiger partial charge on any atom is 0.186 e. The summed E-state index contributed by atoms with van der Waals surface area (Å²) in [6.45, 7) is -0.142. The molecule has 0 aromatic heterocycles. The third kappa shape index (κ3) is 5.69. The van der Waals surface area contributed by atoms with Crippen molar-refractivity contribution < 1.29 is 74.7 Å². The van der Waals surface area contributed by atoms with Crippen LogP contribution in [0.5, 0.6) is 0 Å². The zero-order valence-corrected chi connectivity index (χ0v) is 18.3. The Morgan fingerprint density at radius 2 is 0.882 bits per heavy atom. The molecular formula is C19H34O15. The molecule has 200 valence electrons. The molecule has 3 saturated heterocycles. The maximum atomic E-state index is 10.2. The molecule has 15 atom stereocenters. The van der Waals surface area contributed by atoms with Gasteiger partial charge in [-0.3, -0.25) is 0 Å².